The maximum Gasteiger partial charge on any atom is 0.306 e. The molecule has 1 unspecified atom stereocenters. The maximum atomic E-state index is 11.2. The molecule has 88 valence electrons. The standard InChI is InChI=1S/C9H13N3O4/c1-16-6(4-7(13)14)5-12-8-9(15)11-3-2-10-8/h2-3,6H,4-5H2,1H3,(H,10,12)(H,11,15)(H,13,14). The predicted octanol–water partition coefficient (Wildman–Crippen LogP) is -0.329. The first-order valence-electron chi connectivity index (χ1n) is 4.65. The van der Waals surface area contributed by atoms with Crippen LogP contribution in [-0.4, -0.2) is 40.8 Å². The van der Waals surface area contributed by atoms with Gasteiger partial charge in [-0.2, -0.15) is 0 Å². The number of aliphatic carboxylic acids is 1. The lowest BCUT2D eigenvalue weighted by molar-refractivity contribution is -0.139. The van der Waals surface area contributed by atoms with Crippen LogP contribution in [0.25, 0.3) is 0 Å². The number of H-pyrrole nitrogens is 1. The lowest BCUT2D eigenvalue weighted by Gasteiger charge is -2.13. The number of nitrogens with zero attached hydrogens (tertiary/aromatic N) is 1. The Hall–Kier alpha value is -1.89. The molecule has 7 nitrogen and oxygen atoms in total. The van der Waals surface area contributed by atoms with Gasteiger partial charge >= 0.3 is 5.97 Å². The van der Waals surface area contributed by atoms with Gasteiger partial charge in [0.05, 0.1) is 12.5 Å². The summed E-state index contributed by atoms with van der Waals surface area (Å²) >= 11 is 0. The number of nitrogens with one attached hydrogen (secondary N) is 2. The third-order valence-corrected chi connectivity index (χ3v) is 1.94. The first kappa shape index (κ1) is 12.2. The highest BCUT2D eigenvalue weighted by Gasteiger charge is 2.12. The maximum absolute atomic E-state index is 11.2. The third kappa shape index (κ3) is 3.70. The molecule has 0 fully saturated rings. The molecule has 0 aliphatic carbocycles. The van der Waals surface area contributed by atoms with Gasteiger partial charge in [-0.1, -0.05) is 0 Å². The Labute approximate surface area is 91.5 Å². The van der Waals surface area contributed by atoms with Gasteiger partial charge in [0.15, 0.2) is 5.82 Å². The van der Waals surface area contributed by atoms with Crippen LogP contribution in [0.15, 0.2) is 17.2 Å². The van der Waals surface area contributed by atoms with E-state index in [9.17, 15) is 9.59 Å². The average molecular weight is 227 g/mol. The van der Waals surface area contributed by atoms with Crippen molar-refractivity contribution < 1.29 is 14.6 Å². The first-order valence-corrected chi connectivity index (χ1v) is 4.65. The number of rotatable bonds is 6. The summed E-state index contributed by atoms with van der Waals surface area (Å²) < 4.78 is 4.94. The fourth-order valence-electron chi connectivity index (χ4n) is 1.12. The quantitative estimate of drug-likeness (QED) is 0.614. The number of carboxylic acid groups (broad SMARTS) is 1. The molecule has 0 radical (unpaired) electrons. The Morgan fingerprint density at radius 3 is 3.06 bits per heavy atom. The molecule has 0 saturated carbocycles. The number of carboxylic acids is 1. The number of aromatic nitrogens is 2. The highest BCUT2D eigenvalue weighted by Crippen LogP contribution is 1.99. The molecule has 0 bridgehead atoms. The Morgan fingerprint density at radius 2 is 2.50 bits per heavy atom. The normalized spacial score (nSPS) is 12.1. The van der Waals surface area contributed by atoms with Crippen LogP contribution >= 0.6 is 0 Å². The zero-order chi connectivity index (χ0) is 12.0. The summed E-state index contributed by atoms with van der Waals surface area (Å²) in [6.45, 7) is 0.211. The highest BCUT2D eigenvalue weighted by atomic mass is 16.5. The van der Waals surface area contributed by atoms with Gasteiger partial charge in [0.2, 0.25) is 0 Å². The number of methoxy groups -OCH3 is 1. The fraction of sp³-hybridized carbons (Fsp3) is 0.444. The molecule has 16 heavy (non-hydrogen) atoms. The van der Waals surface area contributed by atoms with Gasteiger partial charge in [0.25, 0.3) is 5.56 Å². The summed E-state index contributed by atoms with van der Waals surface area (Å²) in [5.74, 6) is -0.807. The van der Waals surface area contributed by atoms with Gasteiger partial charge in [-0.3, -0.25) is 9.59 Å². The Morgan fingerprint density at radius 1 is 1.75 bits per heavy atom. The van der Waals surface area contributed by atoms with Crippen LogP contribution in [0.5, 0.6) is 0 Å². The predicted molar refractivity (Wildman–Crippen MR) is 56.4 cm³/mol. The molecule has 1 atom stereocenters. The Balaban J connectivity index is 2.53. The van der Waals surface area contributed by atoms with Crippen molar-refractivity contribution in [2.45, 2.75) is 12.5 Å². The van der Waals surface area contributed by atoms with Crippen LogP contribution in [0.2, 0.25) is 0 Å². The summed E-state index contributed by atoms with van der Waals surface area (Å²) in [7, 11) is 1.41. The second kappa shape index (κ2) is 5.86. The van der Waals surface area contributed by atoms with Crippen LogP contribution in [0.3, 0.4) is 0 Å². The molecule has 1 rings (SSSR count). The summed E-state index contributed by atoms with van der Waals surface area (Å²) in [5.41, 5.74) is -0.354. The van der Waals surface area contributed by atoms with Crippen LogP contribution in [0.4, 0.5) is 5.82 Å². The Kier molecular flexibility index (Phi) is 4.46. The molecule has 1 aromatic heterocycles. The van der Waals surface area contributed by atoms with Gasteiger partial charge in [-0.05, 0) is 0 Å². The molecule has 7 heteroatoms. The fourth-order valence-corrected chi connectivity index (χ4v) is 1.12. The van der Waals surface area contributed by atoms with E-state index in [2.05, 4.69) is 15.3 Å². The molecule has 0 aliphatic heterocycles. The number of ether oxygens (including phenoxy) is 1. The largest absolute Gasteiger partial charge is 0.481 e. The SMILES string of the molecule is COC(CNc1ncc[nH]c1=O)CC(=O)O. The smallest absolute Gasteiger partial charge is 0.306 e. The van der Waals surface area contributed by atoms with Crippen molar-refractivity contribution in [1.82, 2.24) is 9.97 Å². The van der Waals surface area contributed by atoms with Gasteiger partial charge in [0, 0.05) is 26.0 Å². The summed E-state index contributed by atoms with van der Waals surface area (Å²) in [4.78, 5) is 27.9. The third-order valence-electron chi connectivity index (χ3n) is 1.94. The molecule has 1 heterocycles. The van der Waals surface area contributed by atoms with Crippen molar-refractivity contribution >= 4 is 11.8 Å². The van der Waals surface area contributed by atoms with Crippen molar-refractivity contribution in [2.75, 3.05) is 19.0 Å². The van der Waals surface area contributed by atoms with Crippen LogP contribution in [-0.2, 0) is 9.53 Å². The van der Waals surface area contributed by atoms with Gasteiger partial charge in [-0.15, -0.1) is 0 Å². The highest BCUT2D eigenvalue weighted by molar-refractivity contribution is 5.67. The molecule has 0 amide bonds. The van der Waals surface area contributed by atoms with E-state index in [-0.39, 0.29) is 24.3 Å². The molecular formula is C9H13N3O4. The van der Waals surface area contributed by atoms with Crippen molar-refractivity contribution in [2.24, 2.45) is 0 Å². The van der Waals surface area contributed by atoms with E-state index in [1.165, 1.54) is 19.5 Å². The zero-order valence-electron chi connectivity index (χ0n) is 8.77. The van der Waals surface area contributed by atoms with E-state index in [0.717, 1.165) is 0 Å². The summed E-state index contributed by atoms with van der Waals surface area (Å²) in [6.07, 6.45) is 2.22. The number of hydrogen-bond acceptors (Lipinski definition) is 5. The first-order chi connectivity index (χ1) is 7.63. The molecule has 0 aromatic carbocycles. The second-order valence-corrected chi connectivity index (χ2v) is 3.10. The average Bonchev–Trinajstić information content (AvgIpc) is 2.25. The summed E-state index contributed by atoms with van der Waals surface area (Å²) in [6, 6.07) is 0. The minimum absolute atomic E-state index is 0.131. The van der Waals surface area contributed by atoms with Crippen molar-refractivity contribution in [3.05, 3.63) is 22.7 Å². The van der Waals surface area contributed by atoms with Gasteiger partial charge in [0.1, 0.15) is 0 Å². The van der Waals surface area contributed by atoms with Crippen LogP contribution < -0.4 is 10.9 Å². The minimum Gasteiger partial charge on any atom is -0.481 e. The van der Waals surface area contributed by atoms with E-state index in [1.807, 2.05) is 0 Å². The van der Waals surface area contributed by atoms with E-state index in [4.69, 9.17) is 9.84 Å². The lowest BCUT2D eigenvalue weighted by atomic mass is 10.2. The molecule has 3 N–H and O–H groups in total. The van der Waals surface area contributed by atoms with E-state index >= 15 is 0 Å². The minimum atomic E-state index is -0.955. The monoisotopic (exact) mass is 227 g/mol. The Bertz CT molecular complexity index is 404. The number of aromatic amines is 1. The molecule has 1 aromatic rings. The van der Waals surface area contributed by atoms with Gasteiger partial charge in [-0.25, -0.2) is 4.98 Å². The number of carbonyl (C=O) groups is 1. The van der Waals surface area contributed by atoms with E-state index < -0.39 is 12.1 Å². The van der Waals surface area contributed by atoms with Crippen LogP contribution in [0, 0.1) is 0 Å². The molecule has 0 aliphatic rings. The van der Waals surface area contributed by atoms with Crippen molar-refractivity contribution in [3.63, 3.8) is 0 Å². The lowest BCUT2D eigenvalue weighted by Crippen LogP contribution is -2.27. The second-order valence-electron chi connectivity index (χ2n) is 3.10. The number of hydrogen-bond donors (Lipinski definition) is 3. The molecule has 0 spiro atoms. The van der Waals surface area contributed by atoms with Gasteiger partial charge < -0.3 is 20.1 Å². The summed E-state index contributed by atoms with van der Waals surface area (Å²) in [5, 5.41) is 11.3. The van der Waals surface area contributed by atoms with Crippen molar-refractivity contribution in [1.29, 1.82) is 0 Å². The zero-order valence-corrected chi connectivity index (χ0v) is 8.77. The topological polar surface area (TPSA) is 104 Å². The van der Waals surface area contributed by atoms with E-state index in [1.54, 1.807) is 0 Å². The molecule has 0 saturated heterocycles. The van der Waals surface area contributed by atoms with E-state index in [0.29, 0.717) is 0 Å². The molecular weight excluding hydrogens is 214 g/mol. The van der Waals surface area contributed by atoms with Crippen molar-refractivity contribution in [3.8, 4) is 0 Å². The number of anilines is 1. The van der Waals surface area contributed by atoms with Crippen LogP contribution in [0.1, 0.15) is 6.42 Å².